The van der Waals surface area contributed by atoms with Gasteiger partial charge in [0.2, 0.25) is 5.88 Å². The first-order chi connectivity index (χ1) is 16.1. The third-order valence-corrected chi connectivity index (χ3v) is 5.36. The van der Waals surface area contributed by atoms with Crippen LogP contribution in [0.25, 0.3) is 11.3 Å². The lowest BCUT2D eigenvalue weighted by molar-refractivity contribution is 0.102. The molecular formula is C23H21N7O3. The third kappa shape index (κ3) is 4.01. The minimum Gasteiger partial charge on any atom is -0.474 e. The molecule has 5 rings (SSSR count). The summed E-state index contributed by atoms with van der Waals surface area (Å²) in [7, 11) is 0. The molecule has 0 radical (unpaired) electrons. The molecule has 166 valence electrons. The molecule has 0 aliphatic carbocycles. The van der Waals surface area contributed by atoms with E-state index in [2.05, 4.69) is 36.1 Å². The van der Waals surface area contributed by atoms with Crippen LogP contribution in [0.15, 0.2) is 59.8 Å². The van der Waals surface area contributed by atoms with Gasteiger partial charge in [0.1, 0.15) is 17.9 Å². The molecule has 0 spiro atoms. The molecule has 3 aromatic heterocycles. The van der Waals surface area contributed by atoms with Gasteiger partial charge in [-0.05, 0) is 36.8 Å². The number of rotatable bonds is 5. The maximum atomic E-state index is 13.0. The number of carbonyl (C=O) groups excluding carboxylic acids is 1. The van der Waals surface area contributed by atoms with Crippen molar-refractivity contribution in [1.82, 2.24) is 20.2 Å². The van der Waals surface area contributed by atoms with Gasteiger partial charge in [0.05, 0.1) is 23.3 Å². The average Bonchev–Trinajstić information content (AvgIpc) is 3.37. The van der Waals surface area contributed by atoms with E-state index >= 15 is 0 Å². The van der Waals surface area contributed by atoms with Crippen molar-refractivity contribution in [3.63, 3.8) is 0 Å². The van der Waals surface area contributed by atoms with Crippen LogP contribution in [0.4, 0.5) is 22.7 Å². The Balaban J connectivity index is 1.40. The summed E-state index contributed by atoms with van der Waals surface area (Å²) in [5.41, 5.74) is 4.52. The zero-order valence-electron chi connectivity index (χ0n) is 17.7. The average molecular weight is 443 g/mol. The van der Waals surface area contributed by atoms with E-state index in [1.807, 2.05) is 25.1 Å². The van der Waals surface area contributed by atoms with Crippen LogP contribution in [0.3, 0.4) is 0 Å². The van der Waals surface area contributed by atoms with E-state index in [9.17, 15) is 9.59 Å². The highest BCUT2D eigenvalue weighted by atomic mass is 16.5. The van der Waals surface area contributed by atoms with E-state index in [-0.39, 0.29) is 5.56 Å². The number of amides is 1. The predicted octanol–water partition coefficient (Wildman–Crippen LogP) is 3.27. The zero-order chi connectivity index (χ0) is 22.8. The number of pyridine rings is 2. The number of ether oxygens (including phenoxy) is 1. The lowest BCUT2D eigenvalue weighted by atomic mass is 10.1. The summed E-state index contributed by atoms with van der Waals surface area (Å²) in [6, 6.07) is 10.7. The van der Waals surface area contributed by atoms with Gasteiger partial charge in [-0.25, -0.2) is 4.98 Å². The van der Waals surface area contributed by atoms with Crippen molar-refractivity contribution in [3.05, 3.63) is 76.5 Å². The van der Waals surface area contributed by atoms with Crippen LogP contribution >= 0.6 is 0 Å². The Labute approximate surface area is 188 Å². The topological polar surface area (TPSA) is 137 Å². The predicted molar refractivity (Wildman–Crippen MR) is 125 cm³/mol. The highest BCUT2D eigenvalue weighted by Crippen LogP contribution is 2.34. The van der Waals surface area contributed by atoms with Gasteiger partial charge >= 0.3 is 0 Å². The second-order valence-electron chi connectivity index (χ2n) is 7.47. The highest BCUT2D eigenvalue weighted by Gasteiger charge is 2.20. The fourth-order valence-electron chi connectivity index (χ4n) is 3.64. The molecule has 0 fully saturated rings. The first kappa shape index (κ1) is 20.3. The summed E-state index contributed by atoms with van der Waals surface area (Å²) in [4.78, 5) is 32.5. The number of fused-ring (bicyclic) bond motifs is 1. The van der Waals surface area contributed by atoms with Crippen LogP contribution in [-0.2, 0) is 0 Å². The summed E-state index contributed by atoms with van der Waals surface area (Å²) in [5, 5.41) is 16.1. The largest absolute Gasteiger partial charge is 0.474 e. The Morgan fingerprint density at radius 1 is 1.12 bits per heavy atom. The monoisotopic (exact) mass is 443 g/mol. The van der Waals surface area contributed by atoms with Gasteiger partial charge < -0.3 is 25.7 Å². The van der Waals surface area contributed by atoms with Crippen molar-refractivity contribution in [2.24, 2.45) is 0 Å². The van der Waals surface area contributed by atoms with Crippen molar-refractivity contribution in [1.29, 1.82) is 0 Å². The molecule has 1 amide bonds. The molecule has 10 heteroatoms. The van der Waals surface area contributed by atoms with Crippen LogP contribution in [0.5, 0.6) is 5.88 Å². The van der Waals surface area contributed by atoms with Crippen molar-refractivity contribution in [2.45, 2.75) is 6.92 Å². The molecule has 4 heterocycles. The van der Waals surface area contributed by atoms with Crippen molar-refractivity contribution >= 4 is 28.7 Å². The van der Waals surface area contributed by atoms with Gasteiger partial charge in [-0.1, -0.05) is 12.1 Å². The lowest BCUT2D eigenvalue weighted by Gasteiger charge is -2.22. The van der Waals surface area contributed by atoms with Crippen LogP contribution in [-0.4, -0.2) is 39.2 Å². The van der Waals surface area contributed by atoms with E-state index in [1.54, 1.807) is 30.6 Å². The zero-order valence-corrected chi connectivity index (χ0v) is 17.7. The Kier molecular flexibility index (Phi) is 5.23. The van der Waals surface area contributed by atoms with E-state index in [4.69, 9.17) is 4.74 Å². The first-order valence-electron chi connectivity index (χ1n) is 10.4. The summed E-state index contributed by atoms with van der Waals surface area (Å²) in [6.07, 6.45) is 4.78. The molecule has 0 saturated heterocycles. The molecule has 4 aromatic rings. The smallest absolute Gasteiger partial charge is 0.263 e. The van der Waals surface area contributed by atoms with E-state index in [0.717, 1.165) is 22.5 Å². The number of anilines is 4. The molecular weight excluding hydrogens is 422 g/mol. The second kappa shape index (κ2) is 8.50. The van der Waals surface area contributed by atoms with Crippen molar-refractivity contribution in [2.75, 3.05) is 29.1 Å². The molecule has 0 bridgehead atoms. The van der Waals surface area contributed by atoms with E-state index in [1.165, 1.54) is 6.20 Å². The number of nitrogens with one attached hydrogen (secondary N) is 5. The minimum absolute atomic E-state index is 0.0310. The molecule has 10 nitrogen and oxygen atoms in total. The number of nitrogens with zero attached hydrogens (tertiary/aromatic N) is 2. The number of hydrogen-bond acceptors (Lipinski definition) is 7. The molecule has 1 aliphatic rings. The normalized spacial score (nSPS) is 12.3. The van der Waals surface area contributed by atoms with Crippen molar-refractivity contribution in [3.8, 4) is 17.1 Å². The fourth-order valence-corrected chi connectivity index (χ4v) is 3.64. The summed E-state index contributed by atoms with van der Waals surface area (Å²) in [6.45, 7) is 3.14. The van der Waals surface area contributed by atoms with Crippen LogP contribution in [0.2, 0.25) is 0 Å². The molecule has 0 atom stereocenters. The standard InChI is InChI=1S/C23H21N7O3/c1-13-18(12-26-23-20(13)24-10-11-33-23)29-17-6-8-25-21(31)19(17)22(32)28-15-4-2-14(3-5-15)16-7-9-27-30-16/h2-9,12,24H,10-11H2,1H3,(H,27,30)(H,28,32)(H2,25,29,31). The molecule has 1 aromatic carbocycles. The maximum absolute atomic E-state index is 13.0. The quantitative estimate of drug-likeness (QED) is 0.319. The Morgan fingerprint density at radius 2 is 1.97 bits per heavy atom. The van der Waals surface area contributed by atoms with Gasteiger partial charge in [0.15, 0.2) is 0 Å². The summed E-state index contributed by atoms with van der Waals surface area (Å²) < 4.78 is 5.56. The Morgan fingerprint density at radius 3 is 2.76 bits per heavy atom. The van der Waals surface area contributed by atoms with Gasteiger partial charge in [-0.15, -0.1) is 0 Å². The van der Waals surface area contributed by atoms with Crippen LogP contribution in [0, 0.1) is 6.92 Å². The first-order valence-corrected chi connectivity index (χ1v) is 10.4. The molecule has 0 saturated carbocycles. The van der Waals surface area contributed by atoms with E-state index in [0.29, 0.717) is 36.1 Å². The number of H-pyrrole nitrogens is 2. The number of hydrogen-bond donors (Lipinski definition) is 5. The van der Waals surface area contributed by atoms with E-state index < -0.39 is 11.5 Å². The van der Waals surface area contributed by atoms with Crippen LogP contribution < -0.4 is 26.2 Å². The Bertz CT molecular complexity index is 1360. The van der Waals surface area contributed by atoms with Gasteiger partial charge in [0, 0.05) is 30.2 Å². The molecule has 5 N–H and O–H groups in total. The number of aromatic amines is 2. The van der Waals surface area contributed by atoms with Gasteiger partial charge in [0.25, 0.3) is 11.5 Å². The SMILES string of the molecule is Cc1c(Nc2cc[nH]c(=O)c2C(=O)Nc2ccc(-c3ccn[nH]3)cc2)cnc2c1NCCO2. The molecule has 33 heavy (non-hydrogen) atoms. The van der Waals surface area contributed by atoms with Crippen molar-refractivity contribution < 1.29 is 9.53 Å². The van der Waals surface area contributed by atoms with Gasteiger partial charge in [-0.3, -0.25) is 14.7 Å². The highest BCUT2D eigenvalue weighted by molar-refractivity contribution is 6.08. The molecule has 0 unspecified atom stereocenters. The Hall–Kier alpha value is -4.60. The summed E-state index contributed by atoms with van der Waals surface area (Å²) in [5.74, 6) is 0.00502. The number of benzene rings is 1. The maximum Gasteiger partial charge on any atom is 0.263 e. The lowest BCUT2D eigenvalue weighted by Crippen LogP contribution is -2.25. The number of aromatic nitrogens is 4. The van der Waals surface area contributed by atoms with Gasteiger partial charge in [-0.2, -0.15) is 5.10 Å². The molecule has 1 aliphatic heterocycles. The minimum atomic E-state index is -0.529. The van der Waals surface area contributed by atoms with Crippen LogP contribution in [0.1, 0.15) is 15.9 Å². The third-order valence-electron chi connectivity index (χ3n) is 5.36. The fraction of sp³-hybridized carbons (Fsp3) is 0.130. The second-order valence-corrected chi connectivity index (χ2v) is 7.47. The summed E-state index contributed by atoms with van der Waals surface area (Å²) >= 11 is 0. The number of carbonyl (C=O) groups is 1.